The van der Waals surface area contributed by atoms with Crippen LogP contribution in [-0.2, 0) is 61.9 Å². The highest BCUT2D eigenvalue weighted by Crippen LogP contribution is 2.34. The van der Waals surface area contributed by atoms with Crippen molar-refractivity contribution in [1.29, 1.82) is 0 Å². The van der Waals surface area contributed by atoms with Gasteiger partial charge >= 0.3 is 23.9 Å². The SMILES string of the molecule is CC(=O)OCC1O[C@@H](SCCNC(=O)COCCOCCOCCN=[N+]=[N-])C(OC(C)=O)C(OC(C)=O)[C@@H]1OC(C)=O. The van der Waals surface area contributed by atoms with Crippen molar-refractivity contribution < 1.29 is 61.9 Å². The first kappa shape index (κ1) is 36.9. The van der Waals surface area contributed by atoms with Gasteiger partial charge in [-0.3, -0.25) is 24.0 Å². The number of nitrogens with zero attached hydrogens (tertiary/aromatic N) is 3. The minimum absolute atomic E-state index is 0.184. The van der Waals surface area contributed by atoms with E-state index in [1.165, 1.54) is 6.92 Å². The standard InChI is InChI=1S/C24H38N4O13S/c1-15(29)37-13-19-21(38-16(2)30)22(39-17(3)31)23(40-18(4)32)24(41-19)42-12-6-26-20(33)14-36-11-10-35-9-8-34-7-5-27-28-25/h19,21-24H,5-14H2,1-4H3,(H,26,33)/t19?,21-,22?,23?,24+/m1/s1. The topological polar surface area (TPSA) is 220 Å². The Hall–Kier alpha value is -3.15. The Labute approximate surface area is 247 Å². The van der Waals surface area contributed by atoms with Gasteiger partial charge in [0.2, 0.25) is 5.91 Å². The van der Waals surface area contributed by atoms with E-state index < -0.39 is 53.7 Å². The Kier molecular flexibility index (Phi) is 18.9. The summed E-state index contributed by atoms with van der Waals surface area (Å²) in [6.07, 6.45) is -4.70. The van der Waals surface area contributed by atoms with Crippen LogP contribution in [0.5, 0.6) is 0 Å². The predicted molar refractivity (Wildman–Crippen MR) is 144 cm³/mol. The molecule has 0 radical (unpaired) electrons. The highest BCUT2D eigenvalue weighted by molar-refractivity contribution is 7.99. The van der Waals surface area contributed by atoms with Gasteiger partial charge in [-0.05, 0) is 5.53 Å². The first-order valence-corrected chi connectivity index (χ1v) is 14.0. The van der Waals surface area contributed by atoms with Gasteiger partial charge in [0.05, 0.1) is 33.0 Å². The van der Waals surface area contributed by atoms with E-state index in [1.807, 2.05) is 0 Å². The number of azide groups is 1. The summed E-state index contributed by atoms with van der Waals surface area (Å²) in [6.45, 7) is 5.94. The zero-order valence-electron chi connectivity index (χ0n) is 24.0. The summed E-state index contributed by atoms with van der Waals surface area (Å²) in [5.74, 6) is -2.84. The number of carbonyl (C=O) groups excluding carboxylic acids is 5. The van der Waals surface area contributed by atoms with Gasteiger partial charge in [0.15, 0.2) is 18.3 Å². The summed E-state index contributed by atoms with van der Waals surface area (Å²) in [5, 5.41) is 6.01. The third-order valence-electron chi connectivity index (χ3n) is 5.03. The van der Waals surface area contributed by atoms with Crippen LogP contribution in [0.4, 0.5) is 0 Å². The molecule has 0 spiro atoms. The molecule has 5 atom stereocenters. The van der Waals surface area contributed by atoms with Crippen molar-refractivity contribution in [2.75, 3.05) is 65.1 Å². The fraction of sp³-hybridized carbons (Fsp3) is 0.792. The molecule has 1 aliphatic heterocycles. The lowest BCUT2D eigenvalue weighted by Gasteiger charge is -2.44. The molecule has 238 valence electrons. The smallest absolute Gasteiger partial charge is 0.303 e. The van der Waals surface area contributed by atoms with Gasteiger partial charge < -0.3 is 43.2 Å². The number of ether oxygens (including phenoxy) is 8. The molecule has 1 saturated heterocycles. The lowest BCUT2D eigenvalue weighted by molar-refractivity contribution is -0.237. The Bertz CT molecular complexity index is 934. The number of hydrogen-bond donors (Lipinski definition) is 1. The maximum atomic E-state index is 12.1. The number of nitrogens with one attached hydrogen (secondary N) is 1. The summed E-state index contributed by atoms with van der Waals surface area (Å²) in [5.41, 5.74) is 7.22. The molecule has 1 fully saturated rings. The molecule has 1 N–H and O–H groups in total. The summed E-state index contributed by atoms with van der Waals surface area (Å²) in [4.78, 5) is 61.7. The molecular formula is C24H38N4O13S. The fourth-order valence-corrected chi connectivity index (χ4v) is 4.57. The van der Waals surface area contributed by atoms with Crippen LogP contribution in [0.2, 0.25) is 0 Å². The third kappa shape index (κ3) is 16.3. The molecule has 0 aromatic heterocycles. The van der Waals surface area contributed by atoms with Crippen molar-refractivity contribution in [2.45, 2.75) is 57.5 Å². The first-order valence-electron chi connectivity index (χ1n) is 13.0. The maximum absolute atomic E-state index is 12.1. The van der Waals surface area contributed by atoms with Crippen molar-refractivity contribution in [1.82, 2.24) is 5.32 Å². The highest BCUT2D eigenvalue weighted by atomic mass is 32.2. The second-order valence-electron chi connectivity index (χ2n) is 8.52. The van der Waals surface area contributed by atoms with Crippen LogP contribution in [0, 0.1) is 0 Å². The zero-order chi connectivity index (χ0) is 31.3. The van der Waals surface area contributed by atoms with Crippen molar-refractivity contribution in [3.63, 3.8) is 0 Å². The molecule has 3 unspecified atom stereocenters. The fourth-order valence-electron chi connectivity index (χ4n) is 3.49. The molecule has 1 aliphatic rings. The molecule has 1 amide bonds. The number of hydrogen-bond acceptors (Lipinski definition) is 15. The van der Waals surface area contributed by atoms with E-state index in [2.05, 4.69) is 15.3 Å². The maximum Gasteiger partial charge on any atom is 0.303 e. The van der Waals surface area contributed by atoms with Crippen molar-refractivity contribution in [2.24, 2.45) is 5.11 Å². The Morgan fingerprint density at radius 2 is 1.38 bits per heavy atom. The second-order valence-corrected chi connectivity index (χ2v) is 9.73. The van der Waals surface area contributed by atoms with Gasteiger partial charge in [0.25, 0.3) is 0 Å². The van der Waals surface area contributed by atoms with Crippen LogP contribution in [0.15, 0.2) is 5.11 Å². The highest BCUT2D eigenvalue weighted by Gasteiger charge is 2.52. The normalized spacial score (nSPS) is 21.4. The van der Waals surface area contributed by atoms with E-state index in [0.717, 1.165) is 32.5 Å². The van der Waals surface area contributed by atoms with Crippen molar-refractivity contribution in [3.05, 3.63) is 10.4 Å². The van der Waals surface area contributed by atoms with Crippen LogP contribution in [-0.4, -0.2) is 125 Å². The molecule has 0 aromatic rings. The van der Waals surface area contributed by atoms with E-state index in [0.29, 0.717) is 19.8 Å². The molecule has 0 aromatic carbocycles. The predicted octanol–water partition coefficient (Wildman–Crippen LogP) is 0.279. The molecule has 42 heavy (non-hydrogen) atoms. The Morgan fingerprint density at radius 3 is 1.98 bits per heavy atom. The average molecular weight is 623 g/mol. The number of thioether (sulfide) groups is 1. The minimum atomic E-state index is -1.25. The van der Waals surface area contributed by atoms with Crippen molar-refractivity contribution in [3.8, 4) is 0 Å². The zero-order valence-corrected chi connectivity index (χ0v) is 24.8. The van der Waals surface area contributed by atoms with Gasteiger partial charge in [-0.2, -0.15) is 0 Å². The number of rotatable bonds is 20. The van der Waals surface area contributed by atoms with Crippen LogP contribution >= 0.6 is 11.8 Å². The Morgan fingerprint density at radius 1 is 0.810 bits per heavy atom. The number of esters is 4. The van der Waals surface area contributed by atoms with E-state index in [-0.39, 0.29) is 51.2 Å². The number of amides is 1. The first-order chi connectivity index (χ1) is 20.0. The van der Waals surface area contributed by atoms with Gasteiger partial charge in [-0.15, -0.1) is 11.8 Å². The lowest BCUT2D eigenvalue weighted by Crippen LogP contribution is -2.61. The summed E-state index contributed by atoms with van der Waals surface area (Å²) >= 11 is 1.14. The van der Waals surface area contributed by atoms with Crippen molar-refractivity contribution >= 4 is 41.5 Å². The van der Waals surface area contributed by atoms with Gasteiger partial charge in [-0.1, -0.05) is 5.11 Å². The van der Waals surface area contributed by atoms with Crippen LogP contribution in [0.1, 0.15) is 27.7 Å². The quantitative estimate of drug-likeness (QED) is 0.0481. The van der Waals surface area contributed by atoms with E-state index in [1.54, 1.807) is 0 Å². The van der Waals surface area contributed by atoms with Gasteiger partial charge in [0, 0.05) is 51.4 Å². The van der Waals surface area contributed by atoms with Crippen LogP contribution in [0.3, 0.4) is 0 Å². The largest absolute Gasteiger partial charge is 0.463 e. The van der Waals surface area contributed by atoms with Gasteiger partial charge in [0.1, 0.15) is 24.8 Å². The third-order valence-corrected chi connectivity index (χ3v) is 6.18. The molecular weight excluding hydrogens is 584 g/mol. The molecule has 17 nitrogen and oxygen atoms in total. The molecule has 0 aliphatic carbocycles. The van der Waals surface area contributed by atoms with Gasteiger partial charge in [-0.25, -0.2) is 0 Å². The van der Waals surface area contributed by atoms with E-state index >= 15 is 0 Å². The molecule has 0 saturated carbocycles. The van der Waals surface area contributed by atoms with E-state index in [9.17, 15) is 24.0 Å². The molecule has 1 heterocycles. The molecule has 1 rings (SSSR count). The molecule has 0 bridgehead atoms. The van der Waals surface area contributed by atoms with Crippen LogP contribution < -0.4 is 5.32 Å². The molecule has 18 heteroatoms. The second kappa shape index (κ2) is 21.5. The monoisotopic (exact) mass is 622 g/mol. The Balaban J connectivity index is 2.59. The van der Waals surface area contributed by atoms with E-state index in [4.69, 9.17) is 43.4 Å². The lowest BCUT2D eigenvalue weighted by atomic mass is 9.99. The summed E-state index contributed by atoms with van der Waals surface area (Å²) < 4.78 is 42.9. The summed E-state index contributed by atoms with van der Waals surface area (Å²) in [7, 11) is 0. The summed E-state index contributed by atoms with van der Waals surface area (Å²) in [6, 6.07) is 0. The average Bonchev–Trinajstić information content (AvgIpc) is 2.90. The van der Waals surface area contributed by atoms with Crippen LogP contribution in [0.25, 0.3) is 10.4 Å². The number of carbonyl (C=O) groups is 5. The minimum Gasteiger partial charge on any atom is -0.463 e.